The van der Waals surface area contributed by atoms with Crippen molar-refractivity contribution < 1.29 is 0 Å². The standard InChI is InChI=1S/C65H45N.C59H41N/c1-7-20-46(21-8-1)52-32-19-33-55(38-52)64-44-58(47-22-9-2-10-23-47)45-65(66-64)59-40-56(53-34-36-60(48-24-11-3-12-25-48)62(42-53)50-28-15-5-16-29-50)39-57(41-59)54-35-37-61(49-26-13-4-14-27-49)63(43-54)51-30-17-6-18-31-51;1-7-19-42(20-8-1)52-40-58(47-29-17-6-18-30-47)60-59(41-52)53-36-50(48-31-33-54(43-21-9-2-10-22-43)56(38-48)45-25-13-4-14-26-45)35-51(37-53)49-32-34-55(44-23-11-3-12-24-44)57(39-49)46-27-15-5-16-28-46/h1-45H;1-41H. The summed E-state index contributed by atoms with van der Waals surface area (Å²) in [7, 11) is 0. The smallest absolute Gasteiger partial charge is 0.0716 e. The first kappa shape index (κ1) is 78.0. The molecule has 0 aliphatic carbocycles. The number of aromatic nitrogens is 2. The lowest BCUT2D eigenvalue weighted by Crippen LogP contribution is -1.94. The van der Waals surface area contributed by atoms with E-state index in [1.807, 2.05) is 0 Å². The minimum Gasteiger partial charge on any atom is -0.248 e. The molecule has 0 saturated heterocycles. The molecule has 2 heterocycles. The van der Waals surface area contributed by atoms with Crippen molar-refractivity contribution in [3.05, 3.63) is 522 Å². The van der Waals surface area contributed by atoms with Gasteiger partial charge in [0.05, 0.1) is 22.8 Å². The van der Waals surface area contributed by atoms with Gasteiger partial charge in [-0.15, -0.1) is 0 Å². The maximum Gasteiger partial charge on any atom is 0.0716 e. The van der Waals surface area contributed by atoms with E-state index in [2.05, 4.69) is 522 Å². The summed E-state index contributed by atoms with van der Waals surface area (Å²) in [4.78, 5) is 10.9. The fraction of sp³-hybridized carbons (Fsp3) is 0. The second kappa shape index (κ2) is 36.4. The zero-order chi connectivity index (χ0) is 84.2. The summed E-state index contributed by atoms with van der Waals surface area (Å²) in [6.07, 6.45) is 0. The predicted octanol–water partition coefficient (Wildman–Crippen LogP) is 33.8. The van der Waals surface area contributed by atoms with Crippen molar-refractivity contribution in [2.45, 2.75) is 0 Å². The average molecular weight is 1600 g/mol. The van der Waals surface area contributed by atoms with Crippen LogP contribution in [-0.4, -0.2) is 9.97 Å². The summed E-state index contributed by atoms with van der Waals surface area (Å²) in [5.41, 5.74) is 42.9. The highest BCUT2D eigenvalue weighted by atomic mass is 14.7. The molecule has 0 spiro atoms. The van der Waals surface area contributed by atoms with Gasteiger partial charge in [-0.05, 0) is 258 Å². The predicted molar refractivity (Wildman–Crippen MR) is 532 cm³/mol. The monoisotopic (exact) mass is 1600 g/mol. The van der Waals surface area contributed by atoms with E-state index < -0.39 is 0 Å². The Morgan fingerprint density at radius 3 is 0.492 bits per heavy atom. The number of hydrogen-bond acceptors (Lipinski definition) is 2. The SMILES string of the molecule is c1ccc(-c2cc(-c3ccccc3)nc(-c3cc(-c4ccc(-c5ccccc5)c(-c5ccccc5)c4)cc(-c4ccc(-c5ccccc5)c(-c5ccccc5)c4)c3)c2)cc1.c1ccc(-c2cccc(-c3cc(-c4ccccc4)cc(-c4cc(-c5ccc(-c6ccccc6)c(-c6ccccc6)c5)cc(-c5ccc(-c6ccccc6)c(-c6ccccc6)c5)c4)n3)c2)cc1. The van der Waals surface area contributed by atoms with Crippen molar-refractivity contribution in [3.8, 4) is 212 Å². The highest BCUT2D eigenvalue weighted by Gasteiger charge is 2.21. The van der Waals surface area contributed by atoms with Crippen LogP contribution in [0.15, 0.2) is 522 Å². The minimum absolute atomic E-state index is 0.910. The fourth-order valence-electron chi connectivity index (χ4n) is 17.4. The summed E-state index contributed by atoms with van der Waals surface area (Å²) in [6.45, 7) is 0. The molecule has 0 atom stereocenters. The molecule has 0 radical (unpaired) electrons. The summed E-state index contributed by atoms with van der Waals surface area (Å²) in [6, 6.07) is 187. The van der Waals surface area contributed by atoms with Gasteiger partial charge in [-0.3, -0.25) is 0 Å². The lowest BCUT2D eigenvalue weighted by atomic mass is 9.87. The van der Waals surface area contributed by atoms with Gasteiger partial charge in [0.1, 0.15) is 0 Å². The molecule has 0 unspecified atom stereocenters. The Morgan fingerprint density at radius 1 is 0.0794 bits per heavy atom. The Kier molecular flexibility index (Phi) is 22.6. The summed E-state index contributed by atoms with van der Waals surface area (Å²) in [5, 5.41) is 0. The normalized spacial score (nSPS) is 11.0. The zero-order valence-electron chi connectivity index (χ0n) is 69.5. The van der Waals surface area contributed by atoms with Gasteiger partial charge in [-0.1, -0.05) is 431 Å². The van der Waals surface area contributed by atoms with Crippen LogP contribution in [0.4, 0.5) is 0 Å². The number of rotatable bonds is 19. The van der Waals surface area contributed by atoms with E-state index in [-0.39, 0.29) is 0 Å². The molecule has 19 aromatic carbocycles. The highest BCUT2D eigenvalue weighted by molar-refractivity contribution is 5.96. The van der Waals surface area contributed by atoms with Crippen LogP contribution >= 0.6 is 0 Å². The third-order valence-electron chi connectivity index (χ3n) is 23.7. The molecule has 21 rings (SSSR count). The van der Waals surface area contributed by atoms with Gasteiger partial charge in [0.2, 0.25) is 0 Å². The first-order valence-corrected chi connectivity index (χ1v) is 43.1. The molecule has 2 aromatic heterocycles. The lowest BCUT2D eigenvalue weighted by Gasteiger charge is -2.17. The number of nitrogens with zero attached hydrogens (tertiary/aromatic N) is 2. The lowest BCUT2D eigenvalue weighted by molar-refractivity contribution is 1.32. The molecule has 0 aliphatic rings. The maximum atomic E-state index is 5.54. The third-order valence-corrected chi connectivity index (χ3v) is 23.7. The molecule has 126 heavy (non-hydrogen) atoms. The Balaban J connectivity index is 0.000000160. The van der Waals surface area contributed by atoms with Crippen LogP contribution in [0, 0.1) is 0 Å². The molecule has 0 saturated carbocycles. The number of pyridine rings is 2. The molecule has 21 aromatic rings. The van der Waals surface area contributed by atoms with Crippen molar-refractivity contribution in [2.24, 2.45) is 0 Å². The minimum atomic E-state index is 0.910. The van der Waals surface area contributed by atoms with E-state index in [1.54, 1.807) is 0 Å². The van der Waals surface area contributed by atoms with Crippen molar-refractivity contribution in [1.82, 2.24) is 9.97 Å². The van der Waals surface area contributed by atoms with Crippen LogP contribution < -0.4 is 0 Å². The highest BCUT2D eigenvalue weighted by Crippen LogP contribution is 2.46. The van der Waals surface area contributed by atoms with Gasteiger partial charge < -0.3 is 0 Å². The molecule has 0 bridgehead atoms. The topological polar surface area (TPSA) is 25.8 Å². The second-order valence-electron chi connectivity index (χ2n) is 31.9. The molecule has 2 heteroatoms. The van der Waals surface area contributed by atoms with Gasteiger partial charge in [0.15, 0.2) is 0 Å². The van der Waals surface area contributed by atoms with E-state index in [0.29, 0.717) is 0 Å². The Morgan fingerprint density at radius 2 is 0.238 bits per heavy atom. The van der Waals surface area contributed by atoms with Gasteiger partial charge in [0.25, 0.3) is 0 Å². The molecule has 592 valence electrons. The molecule has 0 amide bonds. The summed E-state index contributed by atoms with van der Waals surface area (Å²) >= 11 is 0. The van der Waals surface area contributed by atoms with Crippen LogP contribution in [0.3, 0.4) is 0 Å². The van der Waals surface area contributed by atoms with E-state index in [0.717, 1.165) is 117 Å². The first-order valence-electron chi connectivity index (χ1n) is 43.1. The van der Waals surface area contributed by atoms with E-state index in [9.17, 15) is 0 Å². The van der Waals surface area contributed by atoms with Crippen LogP contribution in [0.25, 0.3) is 212 Å². The van der Waals surface area contributed by atoms with E-state index in [4.69, 9.17) is 9.97 Å². The quantitative estimate of drug-likeness (QED) is 0.0806. The van der Waals surface area contributed by atoms with E-state index >= 15 is 0 Å². The summed E-state index contributed by atoms with van der Waals surface area (Å²) in [5.74, 6) is 0. The number of hydrogen-bond donors (Lipinski definition) is 0. The fourth-order valence-corrected chi connectivity index (χ4v) is 17.4. The maximum absolute atomic E-state index is 5.54. The largest absolute Gasteiger partial charge is 0.248 e. The second-order valence-corrected chi connectivity index (χ2v) is 31.9. The van der Waals surface area contributed by atoms with Gasteiger partial charge in [0, 0.05) is 22.3 Å². The zero-order valence-corrected chi connectivity index (χ0v) is 69.5. The van der Waals surface area contributed by atoms with Crippen molar-refractivity contribution in [1.29, 1.82) is 0 Å². The average Bonchev–Trinajstić information content (AvgIpc) is 0.770. The van der Waals surface area contributed by atoms with Gasteiger partial charge >= 0.3 is 0 Å². The molecule has 0 N–H and O–H groups in total. The van der Waals surface area contributed by atoms with Crippen molar-refractivity contribution in [2.75, 3.05) is 0 Å². The molecule has 0 aliphatic heterocycles. The number of benzene rings is 19. The van der Waals surface area contributed by atoms with Crippen LogP contribution in [0.1, 0.15) is 0 Å². The Labute approximate surface area is 738 Å². The van der Waals surface area contributed by atoms with E-state index in [1.165, 1.54) is 94.6 Å². The molecular weight excluding hydrogens is 1520 g/mol. The van der Waals surface area contributed by atoms with Crippen LogP contribution in [0.5, 0.6) is 0 Å². The van der Waals surface area contributed by atoms with Crippen LogP contribution in [-0.2, 0) is 0 Å². The van der Waals surface area contributed by atoms with Crippen LogP contribution in [0.2, 0.25) is 0 Å². The summed E-state index contributed by atoms with van der Waals surface area (Å²) < 4.78 is 0. The molecule has 0 fully saturated rings. The third kappa shape index (κ3) is 17.3. The Bertz CT molecular complexity index is 6990. The van der Waals surface area contributed by atoms with Crippen molar-refractivity contribution in [3.63, 3.8) is 0 Å². The molecule has 2 nitrogen and oxygen atoms in total. The first-order chi connectivity index (χ1) is 62.4. The van der Waals surface area contributed by atoms with Gasteiger partial charge in [-0.2, -0.15) is 0 Å². The Hall–Kier alpha value is -16.5. The van der Waals surface area contributed by atoms with Crippen molar-refractivity contribution >= 4 is 0 Å². The van der Waals surface area contributed by atoms with Gasteiger partial charge in [-0.25, -0.2) is 9.97 Å². The molecular formula is C124H86N2.